The van der Waals surface area contributed by atoms with Crippen LogP contribution in [-0.4, -0.2) is 31.7 Å². The second kappa shape index (κ2) is 8.72. The Balaban J connectivity index is 1.93. The highest BCUT2D eigenvalue weighted by atomic mass is 16.5. The van der Waals surface area contributed by atoms with Crippen molar-refractivity contribution < 1.29 is 14.3 Å². The molecule has 5 nitrogen and oxygen atoms in total. The topological polar surface area (TPSA) is 60.5 Å². The molecule has 1 N–H and O–H groups in total. The van der Waals surface area contributed by atoms with Gasteiger partial charge in [-0.15, -0.1) is 0 Å². The van der Waals surface area contributed by atoms with Gasteiger partial charge in [-0.25, -0.2) is 9.78 Å². The van der Waals surface area contributed by atoms with Gasteiger partial charge in [0.1, 0.15) is 0 Å². The number of esters is 1. The van der Waals surface area contributed by atoms with Crippen LogP contribution in [0.2, 0.25) is 0 Å². The summed E-state index contributed by atoms with van der Waals surface area (Å²) in [5.41, 5.74) is 3.65. The van der Waals surface area contributed by atoms with E-state index in [1.807, 2.05) is 30.3 Å². The Kier molecular flexibility index (Phi) is 6.37. The minimum absolute atomic E-state index is 0.344. The van der Waals surface area contributed by atoms with Gasteiger partial charge < -0.3 is 14.8 Å². The molecule has 5 heteroatoms. The molecule has 0 amide bonds. The highest BCUT2D eigenvalue weighted by Crippen LogP contribution is 2.24. The maximum absolute atomic E-state index is 11.3. The van der Waals surface area contributed by atoms with E-state index in [2.05, 4.69) is 27.7 Å². The van der Waals surface area contributed by atoms with Gasteiger partial charge in [0, 0.05) is 30.1 Å². The van der Waals surface area contributed by atoms with E-state index < -0.39 is 0 Å². The summed E-state index contributed by atoms with van der Waals surface area (Å²) in [5.74, 6) is 0.246. The zero-order valence-corrected chi connectivity index (χ0v) is 14.0. The van der Waals surface area contributed by atoms with Crippen LogP contribution in [0, 0.1) is 0 Å². The van der Waals surface area contributed by atoms with E-state index in [1.165, 1.54) is 7.11 Å². The molecule has 126 valence electrons. The fourth-order valence-electron chi connectivity index (χ4n) is 2.29. The summed E-state index contributed by atoms with van der Waals surface area (Å²) in [6, 6.07) is 12.0. The first kappa shape index (κ1) is 17.5. The number of rotatable bonds is 8. The Bertz CT molecular complexity index is 713. The van der Waals surface area contributed by atoms with Crippen LogP contribution in [-0.2, 0) is 9.53 Å². The number of carbonyl (C=O) groups excluding carboxylic acids is 1. The van der Waals surface area contributed by atoms with Gasteiger partial charge in [-0.3, -0.25) is 0 Å². The molecule has 2 aromatic rings. The number of hydrogen-bond donors (Lipinski definition) is 1. The summed E-state index contributed by atoms with van der Waals surface area (Å²) in [7, 11) is 2.97. The van der Waals surface area contributed by atoms with Gasteiger partial charge in [0.25, 0.3) is 0 Å². The van der Waals surface area contributed by atoms with Crippen LogP contribution in [0.1, 0.15) is 12.8 Å². The second-order valence-corrected chi connectivity index (χ2v) is 5.29. The van der Waals surface area contributed by atoms with Crippen LogP contribution in [0.4, 0.5) is 5.69 Å². The molecule has 0 fully saturated rings. The molecule has 0 atom stereocenters. The van der Waals surface area contributed by atoms with Crippen LogP contribution >= 0.6 is 0 Å². The lowest BCUT2D eigenvalue weighted by Gasteiger charge is -2.09. The summed E-state index contributed by atoms with van der Waals surface area (Å²) in [5, 5.41) is 3.36. The van der Waals surface area contributed by atoms with E-state index >= 15 is 0 Å². The fourth-order valence-corrected chi connectivity index (χ4v) is 2.29. The van der Waals surface area contributed by atoms with Crippen molar-refractivity contribution in [3.63, 3.8) is 0 Å². The zero-order valence-electron chi connectivity index (χ0n) is 14.0. The Morgan fingerprint density at radius 2 is 2.00 bits per heavy atom. The Morgan fingerprint density at radius 3 is 2.75 bits per heavy atom. The predicted molar refractivity (Wildman–Crippen MR) is 95.1 cm³/mol. The van der Waals surface area contributed by atoms with Gasteiger partial charge in [0.2, 0.25) is 5.88 Å². The van der Waals surface area contributed by atoms with Gasteiger partial charge in [0.05, 0.1) is 14.2 Å². The average Bonchev–Trinajstić information content (AvgIpc) is 2.64. The van der Waals surface area contributed by atoms with Gasteiger partial charge in [-0.05, 0) is 42.2 Å². The molecule has 1 heterocycles. The molecule has 0 aliphatic heterocycles. The highest BCUT2D eigenvalue weighted by molar-refractivity contribution is 5.87. The summed E-state index contributed by atoms with van der Waals surface area (Å²) in [4.78, 5) is 15.4. The van der Waals surface area contributed by atoms with Gasteiger partial charge in [0.15, 0.2) is 0 Å². The number of nitrogens with zero attached hydrogens (tertiary/aromatic N) is 1. The molecule has 0 aliphatic rings. The summed E-state index contributed by atoms with van der Waals surface area (Å²) in [6.07, 6.45) is 3.15. The minimum Gasteiger partial charge on any atom is -0.481 e. The lowest BCUT2D eigenvalue weighted by molar-refractivity contribution is -0.136. The van der Waals surface area contributed by atoms with E-state index in [-0.39, 0.29) is 5.97 Å². The van der Waals surface area contributed by atoms with Gasteiger partial charge in [-0.2, -0.15) is 0 Å². The van der Waals surface area contributed by atoms with Gasteiger partial charge in [-0.1, -0.05) is 18.7 Å². The number of benzene rings is 1. The predicted octanol–water partition coefficient (Wildman–Crippen LogP) is 3.68. The smallest absolute Gasteiger partial charge is 0.333 e. The maximum Gasteiger partial charge on any atom is 0.333 e. The molecule has 24 heavy (non-hydrogen) atoms. The molecular weight excluding hydrogens is 304 g/mol. The van der Waals surface area contributed by atoms with E-state index in [0.29, 0.717) is 17.9 Å². The first-order valence-electron chi connectivity index (χ1n) is 7.74. The molecule has 1 aromatic carbocycles. The normalized spacial score (nSPS) is 10.1. The molecule has 0 bridgehead atoms. The van der Waals surface area contributed by atoms with Crippen molar-refractivity contribution in [1.29, 1.82) is 0 Å². The molecule has 1 aromatic heterocycles. The average molecular weight is 326 g/mol. The van der Waals surface area contributed by atoms with E-state index in [9.17, 15) is 4.79 Å². The van der Waals surface area contributed by atoms with Gasteiger partial charge >= 0.3 is 5.97 Å². The third kappa shape index (κ3) is 4.84. The van der Waals surface area contributed by atoms with Crippen LogP contribution < -0.4 is 10.1 Å². The van der Waals surface area contributed by atoms with Crippen molar-refractivity contribution in [3.05, 3.63) is 54.7 Å². The minimum atomic E-state index is -0.344. The molecule has 0 radical (unpaired) electrons. The summed E-state index contributed by atoms with van der Waals surface area (Å²) < 4.78 is 9.80. The molecule has 0 saturated heterocycles. The largest absolute Gasteiger partial charge is 0.481 e. The molecule has 0 aliphatic carbocycles. The molecule has 0 saturated carbocycles. The van der Waals surface area contributed by atoms with Crippen molar-refractivity contribution in [3.8, 4) is 17.0 Å². The third-order valence-corrected chi connectivity index (χ3v) is 3.60. The van der Waals surface area contributed by atoms with E-state index in [4.69, 9.17) is 4.74 Å². The SMILES string of the molecule is C=C(CCCNc1cccc(-c2ccnc(OC)c2)c1)C(=O)OC. The number of methoxy groups -OCH3 is 2. The first-order chi connectivity index (χ1) is 11.6. The van der Waals surface area contributed by atoms with Crippen molar-refractivity contribution in [1.82, 2.24) is 4.98 Å². The first-order valence-corrected chi connectivity index (χ1v) is 7.74. The van der Waals surface area contributed by atoms with E-state index in [0.717, 1.165) is 29.8 Å². The zero-order chi connectivity index (χ0) is 17.4. The Morgan fingerprint density at radius 1 is 1.21 bits per heavy atom. The summed E-state index contributed by atoms with van der Waals surface area (Å²) >= 11 is 0. The standard InChI is InChI=1S/C19H22N2O3/c1-14(19(22)24-3)6-5-10-20-17-8-4-7-15(12-17)16-9-11-21-18(13-16)23-2/h4,7-9,11-13,20H,1,5-6,10H2,2-3H3. The second-order valence-electron chi connectivity index (χ2n) is 5.29. The highest BCUT2D eigenvalue weighted by Gasteiger charge is 2.06. The molecular formula is C19H22N2O3. The lowest BCUT2D eigenvalue weighted by Crippen LogP contribution is -2.07. The lowest BCUT2D eigenvalue weighted by atomic mass is 10.1. The molecule has 2 rings (SSSR count). The quantitative estimate of drug-likeness (QED) is 0.455. The van der Waals surface area contributed by atoms with Crippen LogP contribution in [0.15, 0.2) is 54.7 Å². The summed E-state index contributed by atoms with van der Waals surface area (Å²) in [6.45, 7) is 4.47. The van der Waals surface area contributed by atoms with Crippen molar-refractivity contribution in [2.24, 2.45) is 0 Å². The molecule has 0 spiro atoms. The van der Waals surface area contributed by atoms with Crippen molar-refractivity contribution in [2.75, 3.05) is 26.1 Å². The van der Waals surface area contributed by atoms with Crippen LogP contribution in [0.3, 0.4) is 0 Å². The van der Waals surface area contributed by atoms with E-state index in [1.54, 1.807) is 13.3 Å². The Labute approximate surface area is 142 Å². The van der Waals surface area contributed by atoms with Crippen molar-refractivity contribution in [2.45, 2.75) is 12.8 Å². The van der Waals surface area contributed by atoms with Crippen molar-refractivity contribution >= 4 is 11.7 Å². The monoisotopic (exact) mass is 326 g/mol. The number of aromatic nitrogens is 1. The number of carbonyl (C=O) groups is 1. The third-order valence-electron chi connectivity index (χ3n) is 3.60. The van der Waals surface area contributed by atoms with Crippen LogP contribution in [0.25, 0.3) is 11.1 Å². The van der Waals surface area contributed by atoms with Crippen LogP contribution in [0.5, 0.6) is 5.88 Å². The number of ether oxygens (including phenoxy) is 2. The maximum atomic E-state index is 11.3. The molecule has 0 unspecified atom stereocenters. The number of anilines is 1. The number of hydrogen-bond acceptors (Lipinski definition) is 5. The number of nitrogens with one attached hydrogen (secondary N) is 1. The fraction of sp³-hybridized carbons (Fsp3) is 0.263. The Hall–Kier alpha value is -2.82. The number of pyridine rings is 1.